The summed E-state index contributed by atoms with van der Waals surface area (Å²) >= 11 is 7.27. The molecule has 0 amide bonds. The molecular formula is C29H35ClN2. The zero-order valence-electron chi connectivity index (χ0n) is 19.4. The lowest BCUT2D eigenvalue weighted by atomic mass is 9.66. The summed E-state index contributed by atoms with van der Waals surface area (Å²) in [5, 5.41) is 4.92. The van der Waals surface area contributed by atoms with E-state index in [0.29, 0.717) is 35.3 Å². The minimum atomic E-state index is 0.341. The van der Waals surface area contributed by atoms with Crippen LogP contribution in [0.15, 0.2) is 53.0 Å². The van der Waals surface area contributed by atoms with Gasteiger partial charge in [0.15, 0.2) is 0 Å². The Kier molecular flexibility index (Phi) is 5.04. The Morgan fingerprint density at radius 3 is 2.66 bits per heavy atom. The highest BCUT2D eigenvalue weighted by atomic mass is 35.5. The molecule has 6 rings (SSSR count). The molecule has 6 atom stereocenters. The summed E-state index contributed by atoms with van der Waals surface area (Å²) < 4.78 is 0. The van der Waals surface area contributed by atoms with Crippen LogP contribution in [0.4, 0.5) is 0 Å². The van der Waals surface area contributed by atoms with E-state index in [4.69, 9.17) is 16.6 Å². The van der Waals surface area contributed by atoms with Gasteiger partial charge >= 0.3 is 0 Å². The summed E-state index contributed by atoms with van der Waals surface area (Å²) in [7, 11) is 0. The first-order valence-electron chi connectivity index (χ1n) is 12.6. The molecule has 1 saturated carbocycles. The maximum absolute atomic E-state index is 7.27. The minimum Gasteiger partial charge on any atom is -0.305 e. The Morgan fingerprint density at radius 1 is 1.16 bits per heavy atom. The lowest BCUT2D eigenvalue weighted by Crippen LogP contribution is -2.44. The molecular weight excluding hydrogens is 412 g/mol. The largest absolute Gasteiger partial charge is 0.305 e. The van der Waals surface area contributed by atoms with Crippen molar-refractivity contribution in [3.05, 3.63) is 59.2 Å². The van der Waals surface area contributed by atoms with Crippen molar-refractivity contribution in [1.29, 1.82) is 0 Å². The van der Waals surface area contributed by atoms with Crippen LogP contribution in [0.5, 0.6) is 0 Å². The van der Waals surface area contributed by atoms with Gasteiger partial charge in [-0.25, -0.2) is 0 Å². The maximum atomic E-state index is 7.27. The molecule has 3 heteroatoms. The van der Waals surface area contributed by atoms with E-state index in [-0.39, 0.29) is 0 Å². The first-order valence-corrected chi connectivity index (χ1v) is 13.0. The molecule has 1 aromatic rings. The summed E-state index contributed by atoms with van der Waals surface area (Å²) in [4.78, 5) is 5.18. The molecule has 5 unspecified atom stereocenters. The van der Waals surface area contributed by atoms with Crippen LogP contribution < -0.4 is 5.32 Å². The lowest BCUT2D eigenvalue weighted by Gasteiger charge is -2.41. The standard InChI is InChI=1S/C29H35ClN2/c1-4-17-5-7-18(8-6-17)19-9-11-20(12-10-19)27-26(30)24-25-21(13-14-29(25,2)3)15-22-16-23(32-27)28(24)31-22/h4,7,9-12,17,21-22,24-25,28,31H,1,5-6,8,13-16H2,2-3H3/t17?,21?,22?,24-,25?,28?/m1/s1. The molecule has 3 aliphatic heterocycles. The number of hydrogen-bond donors (Lipinski definition) is 1. The summed E-state index contributed by atoms with van der Waals surface area (Å²) in [6.45, 7) is 8.90. The third-order valence-electron chi connectivity index (χ3n) is 9.22. The number of allylic oxidation sites excluding steroid dienone is 3. The van der Waals surface area contributed by atoms with Gasteiger partial charge < -0.3 is 5.32 Å². The van der Waals surface area contributed by atoms with E-state index in [9.17, 15) is 0 Å². The molecule has 1 aromatic carbocycles. The van der Waals surface area contributed by atoms with Crippen LogP contribution in [-0.4, -0.2) is 17.8 Å². The minimum absolute atomic E-state index is 0.341. The zero-order chi connectivity index (χ0) is 22.0. The van der Waals surface area contributed by atoms with Gasteiger partial charge in [0.05, 0.1) is 11.7 Å². The van der Waals surface area contributed by atoms with Crippen LogP contribution in [0.1, 0.15) is 69.9 Å². The fourth-order valence-electron chi connectivity index (χ4n) is 7.56. The Bertz CT molecular complexity index is 1030. The second kappa shape index (κ2) is 7.71. The third kappa shape index (κ3) is 3.29. The number of fused-ring (bicyclic) bond motifs is 3. The summed E-state index contributed by atoms with van der Waals surface area (Å²) in [6, 6.07) is 9.97. The smallest absolute Gasteiger partial charge is 0.0850 e. The van der Waals surface area contributed by atoms with Crippen molar-refractivity contribution in [2.45, 2.75) is 70.9 Å². The number of benzene rings is 1. The predicted molar refractivity (Wildman–Crippen MR) is 136 cm³/mol. The molecule has 2 aliphatic carbocycles. The van der Waals surface area contributed by atoms with Gasteiger partial charge in [-0.05, 0) is 72.8 Å². The van der Waals surface area contributed by atoms with Gasteiger partial charge in [-0.2, -0.15) is 0 Å². The summed E-state index contributed by atoms with van der Waals surface area (Å²) in [6.07, 6.45) is 13.0. The van der Waals surface area contributed by atoms with E-state index < -0.39 is 0 Å². The number of nitrogens with one attached hydrogen (secondary N) is 1. The maximum Gasteiger partial charge on any atom is 0.0850 e. The number of aliphatic imine (C=N–C) groups is 1. The van der Waals surface area contributed by atoms with Crippen molar-refractivity contribution in [3.63, 3.8) is 0 Å². The second-order valence-corrected chi connectivity index (χ2v) is 11.9. The zero-order valence-corrected chi connectivity index (χ0v) is 20.2. The van der Waals surface area contributed by atoms with Gasteiger partial charge in [0.25, 0.3) is 0 Å². The van der Waals surface area contributed by atoms with E-state index >= 15 is 0 Å². The first kappa shape index (κ1) is 20.9. The molecule has 2 saturated heterocycles. The Hall–Kier alpha value is -1.64. The number of nitrogens with zero attached hydrogens (tertiary/aromatic N) is 1. The SMILES string of the molecule is C=CC1CC=C(c2ccc(C3=C(Cl)[C@@H]4C5NC(CC5=N3)CC3CCC(C)(C)C34)cc2)CC1. The Labute approximate surface area is 197 Å². The monoisotopic (exact) mass is 446 g/mol. The predicted octanol–water partition coefficient (Wildman–Crippen LogP) is 7.22. The van der Waals surface area contributed by atoms with Crippen molar-refractivity contribution < 1.29 is 0 Å². The van der Waals surface area contributed by atoms with Crippen molar-refractivity contribution in [2.75, 3.05) is 0 Å². The molecule has 2 nitrogen and oxygen atoms in total. The summed E-state index contributed by atoms with van der Waals surface area (Å²) in [5.41, 5.74) is 6.70. The first-order chi connectivity index (χ1) is 15.4. The van der Waals surface area contributed by atoms with Crippen LogP contribution in [0.2, 0.25) is 0 Å². The third-order valence-corrected chi connectivity index (χ3v) is 9.65. The van der Waals surface area contributed by atoms with Crippen LogP contribution in [0.25, 0.3) is 11.3 Å². The van der Waals surface area contributed by atoms with E-state index in [1.807, 2.05) is 0 Å². The van der Waals surface area contributed by atoms with E-state index in [0.717, 1.165) is 35.9 Å². The summed E-state index contributed by atoms with van der Waals surface area (Å²) in [5.74, 6) is 2.43. The van der Waals surface area contributed by atoms with Gasteiger partial charge in [0, 0.05) is 34.7 Å². The van der Waals surface area contributed by atoms with Gasteiger partial charge in [-0.3, -0.25) is 4.99 Å². The molecule has 0 radical (unpaired) electrons. The number of hydrogen-bond acceptors (Lipinski definition) is 2. The second-order valence-electron chi connectivity index (χ2n) is 11.5. The van der Waals surface area contributed by atoms with Gasteiger partial charge in [0.2, 0.25) is 0 Å². The highest BCUT2D eigenvalue weighted by Gasteiger charge is 2.56. The number of halogens is 1. The topological polar surface area (TPSA) is 24.4 Å². The van der Waals surface area contributed by atoms with Crippen molar-refractivity contribution in [1.82, 2.24) is 5.32 Å². The van der Waals surface area contributed by atoms with Crippen molar-refractivity contribution >= 4 is 28.6 Å². The van der Waals surface area contributed by atoms with Gasteiger partial charge in [0.1, 0.15) is 0 Å². The fourth-order valence-corrected chi connectivity index (χ4v) is 7.97. The highest BCUT2D eigenvalue weighted by Crippen LogP contribution is 2.58. The molecule has 1 N–H and O–H groups in total. The Balaban J connectivity index is 1.35. The van der Waals surface area contributed by atoms with E-state index in [2.05, 4.69) is 62.2 Å². The van der Waals surface area contributed by atoms with E-state index in [1.165, 1.54) is 48.1 Å². The van der Waals surface area contributed by atoms with Gasteiger partial charge in [-0.1, -0.05) is 61.9 Å². The van der Waals surface area contributed by atoms with Crippen molar-refractivity contribution in [2.24, 2.45) is 34.1 Å². The molecule has 0 spiro atoms. The average Bonchev–Trinajstić information content (AvgIpc) is 3.27. The van der Waals surface area contributed by atoms with Crippen molar-refractivity contribution in [3.8, 4) is 0 Å². The molecule has 5 aliphatic rings. The van der Waals surface area contributed by atoms with Crippen LogP contribution >= 0.6 is 11.6 Å². The normalized spacial score (nSPS) is 37.5. The van der Waals surface area contributed by atoms with Crippen LogP contribution in [0.3, 0.4) is 0 Å². The molecule has 3 heterocycles. The quantitative estimate of drug-likeness (QED) is 0.487. The highest BCUT2D eigenvalue weighted by molar-refractivity contribution is 6.34. The molecule has 2 bridgehead atoms. The Morgan fingerprint density at radius 2 is 1.94 bits per heavy atom. The molecule has 32 heavy (non-hydrogen) atoms. The molecule has 0 aromatic heterocycles. The molecule has 168 valence electrons. The van der Waals surface area contributed by atoms with E-state index in [1.54, 1.807) is 0 Å². The van der Waals surface area contributed by atoms with Gasteiger partial charge in [-0.15, -0.1) is 6.58 Å². The lowest BCUT2D eigenvalue weighted by molar-refractivity contribution is 0.157. The number of rotatable bonds is 3. The van der Waals surface area contributed by atoms with Crippen LogP contribution in [-0.2, 0) is 0 Å². The fraction of sp³-hybridized carbons (Fsp3) is 0.552. The van der Waals surface area contributed by atoms with Crippen LogP contribution in [0, 0.1) is 29.1 Å². The average molecular weight is 447 g/mol. The molecule has 3 fully saturated rings.